The van der Waals surface area contributed by atoms with Crippen molar-refractivity contribution in [3.05, 3.63) is 11.1 Å². The van der Waals surface area contributed by atoms with Crippen LogP contribution in [0.4, 0.5) is 0 Å². The van der Waals surface area contributed by atoms with Crippen LogP contribution in [0.2, 0.25) is 0 Å². The Morgan fingerprint density at radius 1 is 1.22 bits per heavy atom. The van der Waals surface area contributed by atoms with Crippen molar-refractivity contribution < 1.29 is 5.11 Å². The molecular formula is C16H27NO. The van der Waals surface area contributed by atoms with Gasteiger partial charge in [-0.1, -0.05) is 12.5 Å². The zero-order chi connectivity index (χ0) is 12.5. The molecule has 2 aliphatic carbocycles. The minimum Gasteiger partial charge on any atom is -0.389 e. The highest BCUT2D eigenvalue weighted by molar-refractivity contribution is 5.26. The summed E-state index contributed by atoms with van der Waals surface area (Å²) in [6, 6.07) is 0.794. The van der Waals surface area contributed by atoms with Gasteiger partial charge in [0.05, 0.1) is 6.10 Å². The van der Waals surface area contributed by atoms with Gasteiger partial charge in [-0.05, 0) is 75.9 Å². The number of hydrogen-bond acceptors (Lipinski definition) is 2. The Bertz CT molecular complexity index is 334. The normalized spacial score (nSPS) is 37.3. The molecule has 3 rings (SSSR count). The van der Waals surface area contributed by atoms with Crippen molar-refractivity contribution in [3.63, 3.8) is 0 Å². The van der Waals surface area contributed by atoms with Gasteiger partial charge in [-0.15, -0.1) is 0 Å². The summed E-state index contributed by atoms with van der Waals surface area (Å²) >= 11 is 0. The molecule has 0 bridgehead atoms. The highest BCUT2D eigenvalue weighted by atomic mass is 16.3. The van der Waals surface area contributed by atoms with Crippen molar-refractivity contribution in [2.24, 2.45) is 5.92 Å². The van der Waals surface area contributed by atoms with Gasteiger partial charge in [0, 0.05) is 6.04 Å². The Kier molecular flexibility index (Phi) is 3.76. The van der Waals surface area contributed by atoms with Gasteiger partial charge in [0.2, 0.25) is 0 Å². The summed E-state index contributed by atoms with van der Waals surface area (Å²) in [6.45, 7) is 4.87. The Morgan fingerprint density at radius 3 is 2.94 bits per heavy atom. The molecule has 0 unspecified atom stereocenters. The summed E-state index contributed by atoms with van der Waals surface area (Å²) in [6.07, 6.45) is 9.84. The number of aliphatic hydroxyl groups excluding tert-OH is 1. The molecule has 0 aromatic heterocycles. The van der Waals surface area contributed by atoms with Crippen LogP contribution in [0.3, 0.4) is 0 Å². The van der Waals surface area contributed by atoms with Gasteiger partial charge in [0.1, 0.15) is 0 Å². The predicted molar refractivity (Wildman–Crippen MR) is 74.5 cm³/mol. The summed E-state index contributed by atoms with van der Waals surface area (Å²) in [7, 11) is 0. The number of hydrogen-bond donors (Lipinski definition) is 1. The molecule has 0 amide bonds. The molecule has 0 aromatic carbocycles. The molecule has 1 saturated heterocycles. The first-order chi connectivity index (χ1) is 8.79. The van der Waals surface area contributed by atoms with Crippen molar-refractivity contribution in [1.29, 1.82) is 0 Å². The second kappa shape index (κ2) is 5.34. The van der Waals surface area contributed by atoms with E-state index in [0.717, 1.165) is 18.4 Å². The summed E-state index contributed by atoms with van der Waals surface area (Å²) in [5.74, 6) is 0.830. The number of piperidine rings is 1. The van der Waals surface area contributed by atoms with Gasteiger partial charge < -0.3 is 5.11 Å². The lowest BCUT2D eigenvalue weighted by Gasteiger charge is -2.47. The number of likely N-dealkylation sites (tertiary alicyclic amines) is 1. The summed E-state index contributed by atoms with van der Waals surface area (Å²) in [5.41, 5.74) is 3.07. The van der Waals surface area contributed by atoms with Crippen LogP contribution in [0, 0.1) is 5.92 Å². The first kappa shape index (κ1) is 12.7. The van der Waals surface area contributed by atoms with Gasteiger partial charge in [0.25, 0.3) is 0 Å². The van der Waals surface area contributed by atoms with E-state index in [0.29, 0.717) is 0 Å². The Hall–Kier alpha value is -0.340. The zero-order valence-corrected chi connectivity index (χ0v) is 11.7. The fraction of sp³-hybridized carbons (Fsp3) is 0.875. The molecule has 2 heteroatoms. The van der Waals surface area contributed by atoms with Gasteiger partial charge in [-0.3, -0.25) is 4.90 Å². The maximum atomic E-state index is 10.2. The molecule has 1 aliphatic heterocycles. The lowest BCUT2D eigenvalue weighted by molar-refractivity contribution is 0.0722. The fourth-order valence-electron chi connectivity index (χ4n) is 4.44. The minimum absolute atomic E-state index is 0.101. The van der Waals surface area contributed by atoms with Crippen molar-refractivity contribution >= 4 is 0 Å². The fourth-order valence-corrected chi connectivity index (χ4v) is 4.44. The second-order valence-corrected chi connectivity index (χ2v) is 6.45. The Labute approximate surface area is 111 Å². The average molecular weight is 249 g/mol. The Morgan fingerprint density at radius 2 is 2.11 bits per heavy atom. The largest absolute Gasteiger partial charge is 0.389 e. The van der Waals surface area contributed by atoms with Crippen LogP contribution in [0.1, 0.15) is 58.3 Å². The lowest BCUT2D eigenvalue weighted by Crippen LogP contribution is -2.48. The van der Waals surface area contributed by atoms with E-state index in [1.54, 1.807) is 5.57 Å². The van der Waals surface area contributed by atoms with Crippen LogP contribution < -0.4 is 0 Å². The molecule has 1 fully saturated rings. The molecule has 1 N–H and O–H groups in total. The molecule has 102 valence electrons. The average Bonchev–Trinajstić information content (AvgIpc) is 2.38. The third-order valence-electron chi connectivity index (χ3n) is 5.29. The number of nitrogens with zero attached hydrogens (tertiary/aromatic N) is 1. The van der Waals surface area contributed by atoms with Gasteiger partial charge in [-0.25, -0.2) is 0 Å². The third kappa shape index (κ3) is 2.25. The summed E-state index contributed by atoms with van der Waals surface area (Å²) in [5, 5.41) is 10.2. The van der Waals surface area contributed by atoms with E-state index in [-0.39, 0.29) is 6.10 Å². The summed E-state index contributed by atoms with van der Waals surface area (Å²) < 4.78 is 0. The highest BCUT2D eigenvalue weighted by Gasteiger charge is 2.38. The van der Waals surface area contributed by atoms with E-state index in [9.17, 15) is 5.11 Å². The minimum atomic E-state index is -0.101. The summed E-state index contributed by atoms with van der Waals surface area (Å²) in [4.78, 5) is 2.74. The van der Waals surface area contributed by atoms with Crippen LogP contribution in [0.25, 0.3) is 0 Å². The van der Waals surface area contributed by atoms with Gasteiger partial charge >= 0.3 is 0 Å². The number of aliphatic hydroxyl groups is 1. The quantitative estimate of drug-likeness (QED) is 0.760. The van der Waals surface area contributed by atoms with Crippen LogP contribution in [-0.4, -0.2) is 35.2 Å². The first-order valence-corrected chi connectivity index (χ1v) is 7.92. The third-order valence-corrected chi connectivity index (χ3v) is 5.29. The van der Waals surface area contributed by atoms with Crippen LogP contribution in [-0.2, 0) is 0 Å². The maximum absolute atomic E-state index is 10.2. The maximum Gasteiger partial charge on any atom is 0.0753 e. The van der Waals surface area contributed by atoms with E-state index in [4.69, 9.17) is 0 Å². The van der Waals surface area contributed by atoms with E-state index in [2.05, 4.69) is 11.8 Å². The van der Waals surface area contributed by atoms with E-state index >= 15 is 0 Å². The van der Waals surface area contributed by atoms with Crippen LogP contribution in [0.5, 0.6) is 0 Å². The molecule has 1 heterocycles. The van der Waals surface area contributed by atoms with E-state index in [1.165, 1.54) is 63.6 Å². The molecule has 3 aliphatic rings. The van der Waals surface area contributed by atoms with Gasteiger partial charge in [-0.2, -0.15) is 0 Å². The molecule has 18 heavy (non-hydrogen) atoms. The van der Waals surface area contributed by atoms with Crippen molar-refractivity contribution in [3.8, 4) is 0 Å². The predicted octanol–water partition coefficient (Wildman–Crippen LogP) is 3.11. The molecular weight excluding hydrogens is 222 g/mol. The van der Waals surface area contributed by atoms with Crippen molar-refractivity contribution in [2.45, 2.75) is 70.4 Å². The smallest absolute Gasteiger partial charge is 0.0753 e. The van der Waals surface area contributed by atoms with E-state index in [1.807, 2.05) is 0 Å². The Balaban J connectivity index is 1.79. The second-order valence-electron chi connectivity index (χ2n) is 6.45. The molecule has 0 saturated carbocycles. The van der Waals surface area contributed by atoms with Crippen molar-refractivity contribution in [2.75, 3.05) is 13.1 Å². The van der Waals surface area contributed by atoms with Crippen LogP contribution >= 0.6 is 0 Å². The molecule has 0 spiro atoms. The molecule has 2 nitrogen and oxygen atoms in total. The zero-order valence-electron chi connectivity index (χ0n) is 11.7. The highest BCUT2D eigenvalue weighted by Crippen LogP contribution is 2.43. The molecule has 0 radical (unpaired) electrons. The standard InChI is InChI=1S/C16H27NO/c1-2-8-17-9-4-6-13-10-14-12(11-15(13)17)5-3-7-16(14)18/h13,15-16,18H,2-11H2,1H3/t13-,15-,16-/m1/s1. The van der Waals surface area contributed by atoms with Gasteiger partial charge in [0.15, 0.2) is 0 Å². The van der Waals surface area contributed by atoms with E-state index < -0.39 is 0 Å². The number of fused-ring (bicyclic) bond motifs is 1. The molecule has 0 aromatic rings. The topological polar surface area (TPSA) is 23.5 Å². The SMILES string of the molecule is CCCN1CCC[C@@H]2CC3=C(CCC[C@H]3O)C[C@H]21. The first-order valence-electron chi connectivity index (χ1n) is 7.92. The molecule has 3 atom stereocenters. The lowest BCUT2D eigenvalue weighted by atomic mass is 9.70. The van der Waals surface area contributed by atoms with Crippen molar-refractivity contribution in [1.82, 2.24) is 4.90 Å². The monoisotopic (exact) mass is 249 g/mol. The van der Waals surface area contributed by atoms with Crippen LogP contribution in [0.15, 0.2) is 11.1 Å². The number of rotatable bonds is 2.